The minimum absolute atomic E-state index is 0.375. The number of amides is 1. The van der Waals surface area contributed by atoms with Gasteiger partial charge in [-0.3, -0.25) is 14.8 Å². The first-order valence-electron chi connectivity index (χ1n) is 7.55. The fourth-order valence-electron chi connectivity index (χ4n) is 3.08. The van der Waals surface area contributed by atoms with Crippen LogP contribution in [-0.2, 0) is 0 Å². The molecule has 1 fully saturated rings. The van der Waals surface area contributed by atoms with Crippen LogP contribution in [-0.4, -0.2) is 40.9 Å². The Balaban J connectivity index is 2.01. The summed E-state index contributed by atoms with van der Waals surface area (Å²) in [7, 11) is 2.13. The summed E-state index contributed by atoms with van der Waals surface area (Å²) in [5, 5.41) is 0. The van der Waals surface area contributed by atoms with Crippen molar-refractivity contribution in [3.8, 4) is 11.3 Å². The highest BCUT2D eigenvalue weighted by atomic mass is 16.1. The maximum Gasteiger partial charge on any atom is 0.248 e. The molecule has 1 aromatic carbocycles. The Bertz CT molecular complexity index is 686. The fourth-order valence-corrected chi connectivity index (χ4v) is 3.08. The summed E-state index contributed by atoms with van der Waals surface area (Å²) >= 11 is 0. The van der Waals surface area contributed by atoms with Crippen molar-refractivity contribution >= 4 is 5.91 Å². The van der Waals surface area contributed by atoms with E-state index < -0.39 is 5.91 Å². The van der Waals surface area contributed by atoms with Gasteiger partial charge in [0.2, 0.25) is 5.91 Å². The zero-order valence-corrected chi connectivity index (χ0v) is 12.7. The van der Waals surface area contributed by atoms with Gasteiger partial charge in [-0.15, -0.1) is 0 Å². The second-order valence-corrected chi connectivity index (χ2v) is 5.84. The molecule has 1 unspecified atom stereocenters. The highest BCUT2D eigenvalue weighted by molar-refractivity contribution is 5.94. The Morgan fingerprint density at radius 3 is 2.91 bits per heavy atom. The molecular weight excluding hydrogens is 276 g/mol. The second kappa shape index (κ2) is 6.23. The third-order valence-electron chi connectivity index (χ3n) is 4.16. The van der Waals surface area contributed by atoms with Gasteiger partial charge in [0, 0.05) is 36.0 Å². The first kappa shape index (κ1) is 14.7. The minimum atomic E-state index is -0.426. The lowest BCUT2D eigenvalue weighted by Gasteiger charge is -2.30. The SMILES string of the molecule is CN1CCCC(c2nccnc2-c2cccc(C(N)=O)c2)C1. The molecule has 1 aliphatic rings. The first-order valence-corrected chi connectivity index (χ1v) is 7.55. The monoisotopic (exact) mass is 296 g/mol. The number of hydrogen-bond donors (Lipinski definition) is 1. The fraction of sp³-hybridized carbons (Fsp3) is 0.353. The van der Waals surface area contributed by atoms with E-state index in [1.54, 1.807) is 24.5 Å². The van der Waals surface area contributed by atoms with E-state index in [0.717, 1.165) is 36.5 Å². The molecule has 22 heavy (non-hydrogen) atoms. The van der Waals surface area contributed by atoms with E-state index in [-0.39, 0.29) is 0 Å². The molecule has 2 aromatic rings. The molecule has 114 valence electrons. The minimum Gasteiger partial charge on any atom is -0.366 e. The molecule has 1 aromatic heterocycles. The molecule has 1 atom stereocenters. The Morgan fingerprint density at radius 1 is 1.32 bits per heavy atom. The van der Waals surface area contributed by atoms with Crippen LogP contribution in [0.4, 0.5) is 0 Å². The Hall–Kier alpha value is -2.27. The Kier molecular flexibility index (Phi) is 4.15. The van der Waals surface area contributed by atoms with Gasteiger partial charge >= 0.3 is 0 Å². The number of carbonyl (C=O) groups excluding carboxylic acids is 1. The number of likely N-dealkylation sites (tertiary alicyclic amines) is 1. The van der Waals surface area contributed by atoms with Crippen LogP contribution in [0.1, 0.15) is 34.8 Å². The standard InChI is InChI=1S/C17H20N4O/c1-21-9-3-6-14(11-21)16-15(19-7-8-20-16)12-4-2-5-13(10-12)17(18)22/h2,4-5,7-8,10,14H,3,6,9,11H2,1H3,(H2,18,22). The molecule has 2 N–H and O–H groups in total. The number of primary amides is 1. The van der Waals surface area contributed by atoms with Crippen molar-refractivity contribution in [3.05, 3.63) is 47.9 Å². The first-order chi connectivity index (χ1) is 10.6. The van der Waals surface area contributed by atoms with Crippen LogP contribution in [0.2, 0.25) is 0 Å². The van der Waals surface area contributed by atoms with E-state index in [1.807, 2.05) is 12.1 Å². The van der Waals surface area contributed by atoms with Gasteiger partial charge in [-0.2, -0.15) is 0 Å². The molecule has 5 heteroatoms. The molecular formula is C17H20N4O. The zero-order valence-electron chi connectivity index (χ0n) is 12.7. The summed E-state index contributed by atoms with van der Waals surface area (Å²) in [4.78, 5) is 22.8. The van der Waals surface area contributed by atoms with E-state index in [9.17, 15) is 4.79 Å². The lowest BCUT2D eigenvalue weighted by atomic mass is 9.91. The van der Waals surface area contributed by atoms with Crippen LogP contribution in [0.25, 0.3) is 11.3 Å². The van der Waals surface area contributed by atoms with Crippen LogP contribution < -0.4 is 5.73 Å². The van der Waals surface area contributed by atoms with Gasteiger partial charge in [0.1, 0.15) is 0 Å². The molecule has 1 aliphatic heterocycles. The number of hydrogen-bond acceptors (Lipinski definition) is 4. The van der Waals surface area contributed by atoms with Gasteiger partial charge in [-0.25, -0.2) is 0 Å². The molecule has 0 spiro atoms. The van der Waals surface area contributed by atoms with E-state index in [2.05, 4.69) is 21.9 Å². The number of nitrogens with two attached hydrogens (primary N) is 1. The topological polar surface area (TPSA) is 72.1 Å². The quantitative estimate of drug-likeness (QED) is 0.941. The van der Waals surface area contributed by atoms with Gasteiger partial charge in [0.25, 0.3) is 0 Å². The average Bonchev–Trinajstić information content (AvgIpc) is 2.55. The molecule has 0 aliphatic carbocycles. The number of piperidine rings is 1. The van der Waals surface area contributed by atoms with Crippen LogP contribution in [0, 0.1) is 0 Å². The van der Waals surface area contributed by atoms with E-state index >= 15 is 0 Å². The predicted octanol–water partition coefficient (Wildman–Crippen LogP) is 2.05. The third kappa shape index (κ3) is 2.99. The Morgan fingerprint density at radius 2 is 2.14 bits per heavy atom. The summed E-state index contributed by atoms with van der Waals surface area (Å²) in [5.41, 5.74) is 8.63. The summed E-state index contributed by atoms with van der Waals surface area (Å²) in [6.07, 6.45) is 5.72. The number of benzene rings is 1. The summed E-state index contributed by atoms with van der Waals surface area (Å²) in [5.74, 6) is -0.0515. The zero-order chi connectivity index (χ0) is 15.5. The number of likely N-dealkylation sites (N-methyl/N-ethyl adjacent to an activating group) is 1. The van der Waals surface area contributed by atoms with E-state index in [0.29, 0.717) is 11.5 Å². The Labute approximate surface area is 130 Å². The summed E-state index contributed by atoms with van der Waals surface area (Å²) in [6.45, 7) is 2.12. The largest absolute Gasteiger partial charge is 0.366 e. The maximum atomic E-state index is 11.4. The van der Waals surface area contributed by atoms with Crippen molar-refractivity contribution in [2.75, 3.05) is 20.1 Å². The second-order valence-electron chi connectivity index (χ2n) is 5.84. The van der Waals surface area contributed by atoms with Crippen molar-refractivity contribution in [1.29, 1.82) is 0 Å². The number of rotatable bonds is 3. The van der Waals surface area contributed by atoms with Crippen molar-refractivity contribution in [2.24, 2.45) is 5.73 Å². The number of nitrogens with zero attached hydrogens (tertiary/aromatic N) is 3. The molecule has 5 nitrogen and oxygen atoms in total. The van der Waals surface area contributed by atoms with Crippen molar-refractivity contribution in [2.45, 2.75) is 18.8 Å². The maximum absolute atomic E-state index is 11.4. The molecule has 2 heterocycles. The van der Waals surface area contributed by atoms with E-state index in [4.69, 9.17) is 5.73 Å². The molecule has 0 bridgehead atoms. The van der Waals surface area contributed by atoms with Gasteiger partial charge < -0.3 is 10.6 Å². The average molecular weight is 296 g/mol. The highest BCUT2D eigenvalue weighted by Gasteiger charge is 2.23. The van der Waals surface area contributed by atoms with E-state index in [1.165, 1.54) is 6.42 Å². The van der Waals surface area contributed by atoms with Gasteiger partial charge in [-0.1, -0.05) is 12.1 Å². The van der Waals surface area contributed by atoms with Crippen molar-refractivity contribution in [1.82, 2.24) is 14.9 Å². The lowest BCUT2D eigenvalue weighted by Crippen LogP contribution is -2.31. The molecule has 1 amide bonds. The molecule has 0 saturated carbocycles. The van der Waals surface area contributed by atoms with Crippen LogP contribution in [0.3, 0.4) is 0 Å². The summed E-state index contributed by atoms with van der Waals surface area (Å²) < 4.78 is 0. The van der Waals surface area contributed by atoms with Crippen molar-refractivity contribution in [3.63, 3.8) is 0 Å². The number of carbonyl (C=O) groups is 1. The van der Waals surface area contributed by atoms with Gasteiger partial charge in [-0.05, 0) is 38.6 Å². The number of aromatic nitrogens is 2. The van der Waals surface area contributed by atoms with Gasteiger partial charge in [0.05, 0.1) is 11.4 Å². The van der Waals surface area contributed by atoms with Crippen molar-refractivity contribution < 1.29 is 4.79 Å². The van der Waals surface area contributed by atoms with Gasteiger partial charge in [0.15, 0.2) is 0 Å². The predicted molar refractivity (Wildman–Crippen MR) is 85.5 cm³/mol. The smallest absolute Gasteiger partial charge is 0.248 e. The normalized spacial score (nSPS) is 19.0. The van der Waals surface area contributed by atoms with Crippen LogP contribution in [0.5, 0.6) is 0 Å². The van der Waals surface area contributed by atoms with Crippen LogP contribution in [0.15, 0.2) is 36.7 Å². The lowest BCUT2D eigenvalue weighted by molar-refractivity contribution is 0.100. The molecule has 1 saturated heterocycles. The molecule has 3 rings (SSSR count). The summed E-state index contributed by atoms with van der Waals surface area (Å²) in [6, 6.07) is 7.30. The van der Waals surface area contributed by atoms with Crippen LogP contribution >= 0.6 is 0 Å². The molecule has 0 radical (unpaired) electrons. The third-order valence-corrected chi connectivity index (χ3v) is 4.16. The highest BCUT2D eigenvalue weighted by Crippen LogP contribution is 2.31.